The smallest absolute Gasteiger partial charge is 0.0730 e. The van der Waals surface area contributed by atoms with Crippen molar-refractivity contribution in [3.63, 3.8) is 0 Å². The summed E-state index contributed by atoms with van der Waals surface area (Å²) in [6.45, 7) is 3.19. The maximum atomic E-state index is 5.65. The number of methoxy groups -OCH3 is 1. The Kier molecular flexibility index (Phi) is 4.57. The summed E-state index contributed by atoms with van der Waals surface area (Å²) in [7, 11) is 1.84. The van der Waals surface area contributed by atoms with E-state index in [9.17, 15) is 0 Å². The molecule has 94 valence electrons. The summed E-state index contributed by atoms with van der Waals surface area (Å²) < 4.78 is 5.65. The molecule has 1 N–H and O–H groups in total. The van der Waals surface area contributed by atoms with Crippen molar-refractivity contribution in [2.45, 2.75) is 44.2 Å². The van der Waals surface area contributed by atoms with Gasteiger partial charge in [-0.25, -0.2) is 0 Å². The van der Waals surface area contributed by atoms with Crippen LogP contribution in [0.5, 0.6) is 0 Å². The first kappa shape index (κ1) is 12.6. The molecule has 0 bridgehead atoms. The van der Waals surface area contributed by atoms with Crippen LogP contribution in [0.2, 0.25) is 0 Å². The average molecular weight is 233 g/mol. The van der Waals surface area contributed by atoms with Gasteiger partial charge in [0.1, 0.15) is 0 Å². The van der Waals surface area contributed by atoms with E-state index in [4.69, 9.17) is 4.74 Å². The van der Waals surface area contributed by atoms with Crippen LogP contribution in [-0.4, -0.2) is 25.8 Å². The lowest BCUT2D eigenvalue weighted by Gasteiger charge is -2.36. The first-order valence-electron chi connectivity index (χ1n) is 6.66. The fraction of sp³-hybridized carbons (Fsp3) is 0.600. The van der Waals surface area contributed by atoms with E-state index in [2.05, 4.69) is 42.6 Å². The molecule has 1 fully saturated rings. The van der Waals surface area contributed by atoms with Crippen molar-refractivity contribution in [3.8, 4) is 0 Å². The maximum Gasteiger partial charge on any atom is 0.0730 e. The second-order valence-corrected chi connectivity index (χ2v) is 4.86. The monoisotopic (exact) mass is 233 g/mol. The van der Waals surface area contributed by atoms with Gasteiger partial charge in [0.05, 0.1) is 6.10 Å². The molecular formula is C15H23NO. The van der Waals surface area contributed by atoms with Crippen LogP contribution in [0.15, 0.2) is 30.3 Å². The second kappa shape index (κ2) is 6.18. The summed E-state index contributed by atoms with van der Waals surface area (Å²) in [4.78, 5) is 0. The highest BCUT2D eigenvalue weighted by Gasteiger charge is 2.30. The van der Waals surface area contributed by atoms with Crippen molar-refractivity contribution in [1.82, 2.24) is 5.32 Å². The number of likely N-dealkylation sites (N-methyl/N-ethyl adjacent to an activating group) is 1. The van der Waals surface area contributed by atoms with Crippen LogP contribution in [0.3, 0.4) is 0 Å². The lowest BCUT2D eigenvalue weighted by molar-refractivity contribution is 0.0354. The summed E-state index contributed by atoms with van der Waals surface area (Å²) in [5.74, 6) is 0.663. The molecule has 17 heavy (non-hydrogen) atoms. The molecule has 0 radical (unpaired) electrons. The molecule has 3 atom stereocenters. The third-order valence-electron chi connectivity index (χ3n) is 3.83. The van der Waals surface area contributed by atoms with Crippen LogP contribution in [-0.2, 0) is 4.74 Å². The number of rotatable bonds is 4. The fourth-order valence-corrected chi connectivity index (χ4v) is 2.91. The number of hydrogen-bond acceptors (Lipinski definition) is 2. The number of benzene rings is 1. The normalized spacial score (nSPS) is 29.2. The molecule has 0 amide bonds. The molecule has 2 heteroatoms. The van der Waals surface area contributed by atoms with Gasteiger partial charge in [0.25, 0.3) is 0 Å². The minimum absolute atomic E-state index is 0.355. The topological polar surface area (TPSA) is 21.3 Å². The van der Waals surface area contributed by atoms with Crippen molar-refractivity contribution in [2.75, 3.05) is 13.7 Å². The van der Waals surface area contributed by atoms with Gasteiger partial charge in [0.2, 0.25) is 0 Å². The summed E-state index contributed by atoms with van der Waals surface area (Å²) in [5, 5.41) is 3.53. The number of nitrogens with one attached hydrogen (secondary N) is 1. The molecule has 0 aliphatic heterocycles. The van der Waals surface area contributed by atoms with Gasteiger partial charge in [0, 0.05) is 13.2 Å². The first-order valence-corrected chi connectivity index (χ1v) is 6.66. The Morgan fingerprint density at radius 2 is 2.00 bits per heavy atom. The Balaban J connectivity index is 2.01. The molecule has 0 saturated heterocycles. The molecule has 1 aliphatic carbocycles. The minimum Gasteiger partial charge on any atom is -0.380 e. The molecule has 2 rings (SSSR count). The summed E-state index contributed by atoms with van der Waals surface area (Å²) in [5.41, 5.74) is 1.46. The molecule has 1 aromatic rings. The Morgan fingerprint density at radius 1 is 1.24 bits per heavy atom. The van der Waals surface area contributed by atoms with Crippen LogP contribution in [0.25, 0.3) is 0 Å². The van der Waals surface area contributed by atoms with Gasteiger partial charge >= 0.3 is 0 Å². The Morgan fingerprint density at radius 3 is 2.65 bits per heavy atom. The van der Waals surface area contributed by atoms with E-state index >= 15 is 0 Å². The van der Waals surface area contributed by atoms with Gasteiger partial charge in [0.15, 0.2) is 0 Å². The van der Waals surface area contributed by atoms with Crippen molar-refractivity contribution in [1.29, 1.82) is 0 Å². The molecule has 1 saturated carbocycles. The van der Waals surface area contributed by atoms with Crippen molar-refractivity contribution >= 4 is 0 Å². The van der Waals surface area contributed by atoms with Crippen molar-refractivity contribution in [3.05, 3.63) is 35.9 Å². The third kappa shape index (κ3) is 3.08. The van der Waals surface area contributed by atoms with Gasteiger partial charge in [-0.05, 0) is 37.3 Å². The van der Waals surface area contributed by atoms with Crippen LogP contribution in [0.4, 0.5) is 0 Å². The highest BCUT2D eigenvalue weighted by molar-refractivity contribution is 5.20. The summed E-state index contributed by atoms with van der Waals surface area (Å²) in [6.07, 6.45) is 3.97. The number of hydrogen-bond donors (Lipinski definition) is 1. The predicted octanol–water partition coefficient (Wildman–Crippen LogP) is 2.95. The molecular weight excluding hydrogens is 210 g/mol. The SMILES string of the molecule is CCNC1CCC(c2ccccc2)CC1OC. The van der Waals surface area contributed by atoms with E-state index in [1.54, 1.807) is 0 Å². The van der Waals surface area contributed by atoms with Gasteiger partial charge in [-0.1, -0.05) is 37.3 Å². The van der Waals surface area contributed by atoms with E-state index < -0.39 is 0 Å². The third-order valence-corrected chi connectivity index (χ3v) is 3.83. The quantitative estimate of drug-likeness (QED) is 0.863. The van der Waals surface area contributed by atoms with Crippen LogP contribution in [0, 0.1) is 0 Å². The van der Waals surface area contributed by atoms with Gasteiger partial charge in [-0.3, -0.25) is 0 Å². The predicted molar refractivity (Wildman–Crippen MR) is 71.3 cm³/mol. The lowest BCUT2D eigenvalue weighted by Crippen LogP contribution is -2.44. The van der Waals surface area contributed by atoms with E-state index in [1.807, 2.05) is 7.11 Å². The fourth-order valence-electron chi connectivity index (χ4n) is 2.91. The van der Waals surface area contributed by atoms with E-state index in [0.717, 1.165) is 13.0 Å². The minimum atomic E-state index is 0.355. The molecule has 1 aliphatic rings. The largest absolute Gasteiger partial charge is 0.380 e. The van der Waals surface area contributed by atoms with Crippen LogP contribution >= 0.6 is 0 Å². The van der Waals surface area contributed by atoms with Gasteiger partial charge in [-0.15, -0.1) is 0 Å². The Hall–Kier alpha value is -0.860. The Labute approximate surface area is 104 Å². The molecule has 0 aromatic heterocycles. The highest BCUT2D eigenvalue weighted by Crippen LogP contribution is 2.34. The molecule has 3 unspecified atom stereocenters. The van der Waals surface area contributed by atoms with Crippen LogP contribution < -0.4 is 5.32 Å². The van der Waals surface area contributed by atoms with E-state index in [-0.39, 0.29) is 0 Å². The second-order valence-electron chi connectivity index (χ2n) is 4.86. The summed E-state index contributed by atoms with van der Waals surface area (Å²) >= 11 is 0. The Bertz CT molecular complexity index is 325. The highest BCUT2D eigenvalue weighted by atomic mass is 16.5. The maximum absolute atomic E-state index is 5.65. The molecule has 1 aromatic carbocycles. The average Bonchev–Trinajstić information content (AvgIpc) is 2.40. The first-order chi connectivity index (χ1) is 8.35. The molecule has 0 spiro atoms. The molecule has 2 nitrogen and oxygen atoms in total. The molecule has 0 heterocycles. The van der Waals surface area contributed by atoms with Crippen molar-refractivity contribution in [2.24, 2.45) is 0 Å². The van der Waals surface area contributed by atoms with E-state index in [1.165, 1.54) is 18.4 Å². The zero-order valence-corrected chi connectivity index (χ0v) is 10.9. The lowest BCUT2D eigenvalue weighted by atomic mass is 9.80. The van der Waals surface area contributed by atoms with Gasteiger partial charge in [-0.2, -0.15) is 0 Å². The number of ether oxygens (including phenoxy) is 1. The summed E-state index contributed by atoms with van der Waals surface area (Å²) in [6, 6.07) is 11.4. The van der Waals surface area contributed by atoms with Crippen molar-refractivity contribution < 1.29 is 4.74 Å². The standard InChI is InChI=1S/C15H23NO/c1-3-16-14-10-9-13(11-15(14)17-2)12-7-5-4-6-8-12/h4-8,13-16H,3,9-11H2,1-2H3. The van der Waals surface area contributed by atoms with E-state index in [0.29, 0.717) is 18.1 Å². The zero-order chi connectivity index (χ0) is 12.1. The zero-order valence-electron chi connectivity index (χ0n) is 10.9. The van der Waals surface area contributed by atoms with Crippen LogP contribution in [0.1, 0.15) is 37.7 Å². The van der Waals surface area contributed by atoms with Gasteiger partial charge < -0.3 is 10.1 Å².